The van der Waals surface area contributed by atoms with Gasteiger partial charge in [-0.1, -0.05) is 12.8 Å². The first kappa shape index (κ1) is 25.0. The molecule has 1 aromatic carbocycles. The van der Waals surface area contributed by atoms with E-state index < -0.39 is 12.7 Å². The molecule has 36 heavy (non-hydrogen) atoms. The first-order valence-electron chi connectivity index (χ1n) is 12.2. The Labute approximate surface area is 215 Å². The fourth-order valence-corrected chi connectivity index (χ4v) is 5.57. The van der Waals surface area contributed by atoms with Crippen molar-refractivity contribution in [3.8, 4) is 0 Å². The minimum Gasteiger partial charge on any atom is -0.370 e. The van der Waals surface area contributed by atoms with Gasteiger partial charge in [0, 0.05) is 48.1 Å². The molecule has 0 amide bonds. The van der Waals surface area contributed by atoms with E-state index in [1.165, 1.54) is 0 Å². The second-order valence-corrected chi connectivity index (χ2v) is 10.4. The third kappa shape index (κ3) is 5.22. The molecule has 0 radical (unpaired) electrons. The number of hydrogen-bond acceptors (Lipinski definition) is 6. The van der Waals surface area contributed by atoms with Crippen molar-refractivity contribution in [2.24, 2.45) is 0 Å². The Morgan fingerprint density at radius 1 is 1.14 bits per heavy atom. The maximum Gasteiger partial charge on any atom is 0.401 e. The van der Waals surface area contributed by atoms with Gasteiger partial charge in [0.15, 0.2) is 0 Å². The van der Waals surface area contributed by atoms with Crippen molar-refractivity contribution < 1.29 is 13.2 Å². The summed E-state index contributed by atoms with van der Waals surface area (Å²) in [5, 5.41) is 6.66. The largest absolute Gasteiger partial charge is 0.401 e. The van der Waals surface area contributed by atoms with Crippen molar-refractivity contribution in [3.63, 3.8) is 0 Å². The number of benzene rings is 1. The van der Waals surface area contributed by atoms with Crippen LogP contribution in [0.1, 0.15) is 43.7 Å². The summed E-state index contributed by atoms with van der Waals surface area (Å²) in [6, 6.07) is 7.62. The highest BCUT2D eigenvalue weighted by atomic mass is 79.9. The average Bonchev–Trinajstić information content (AvgIpc) is 3.54. The Morgan fingerprint density at radius 3 is 2.56 bits per heavy atom. The van der Waals surface area contributed by atoms with Gasteiger partial charge < -0.3 is 15.5 Å². The first-order valence-corrected chi connectivity index (χ1v) is 13.0. The summed E-state index contributed by atoms with van der Waals surface area (Å²) >= 11 is 3.46. The van der Waals surface area contributed by atoms with Crippen LogP contribution in [0.3, 0.4) is 0 Å². The van der Waals surface area contributed by atoms with Crippen LogP contribution in [-0.4, -0.2) is 46.4 Å². The van der Waals surface area contributed by atoms with Crippen molar-refractivity contribution in [2.45, 2.75) is 57.3 Å². The number of aromatic nitrogens is 3. The fourth-order valence-electron chi connectivity index (χ4n) is 5.17. The molecule has 2 aromatic heterocycles. The third-order valence-corrected chi connectivity index (χ3v) is 8.03. The Hall–Kier alpha value is -2.66. The monoisotopic (exact) mass is 564 g/mol. The van der Waals surface area contributed by atoms with Crippen molar-refractivity contribution in [2.75, 3.05) is 29.9 Å². The second kappa shape index (κ2) is 10.0. The predicted octanol–water partition coefficient (Wildman–Crippen LogP) is 5.45. The van der Waals surface area contributed by atoms with Gasteiger partial charge in [0.2, 0.25) is 5.95 Å². The number of anilines is 3. The molecule has 1 atom stereocenters. The molecule has 7 nitrogen and oxygen atoms in total. The van der Waals surface area contributed by atoms with Crippen molar-refractivity contribution in [1.82, 2.24) is 19.9 Å². The lowest BCUT2D eigenvalue weighted by atomic mass is 10.1. The summed E-state index contributed by atoms with van der Waals surface area (Å²) in [5.41, 5.74) is 3.14. The molecular weight excluding hydrogens is 537 g/mol. The van der Waals surface area contributed by atoms with Gasteiger partial charge in [-0.25, -0.2) is 4.98 Å². The molecule has 0 bridgehead atoms. The van der Waals surface area contributed by atoms with Crippen LogP contribution in [0.2, 0.25) is 0 Å². The van der Waals surface area contributed by atoms with Gasteiger partial charge in [-0.3, -0.25) is 9.36 Å². The summed E-state index contributed by atoms with van der Waals surface area (Å²) in [6.07, 6.45) is 2.34. The Morgan fingerprint density at radius 2 is 1.86 bits per heavy atom. The normalized spacial score (nSPS) is 18.9. The van der Waals surface area contributed by atoms with E-state index in [1.807, 2.05) is 35.8 Å². The number of pyridine rings is 1. The number of nitrogens with zero attached hydrogens (tertiary/aromatic N) is 4. The van der Waals surface area contributed by atoms with Gasteiger partial charge in [-0.05, 0) is 71.9 Å². The topological polar surface area (TPSA) is 75.1 Å². The van der Waals surface area contributed by atoms with Crippen LogP contribution in [0.5, 0.6) is 0 Å². The van der Waals surface area contributed by atoms with Crippen LogP contribution in [0.25, 0.3) is 11.0 Å². The highest BCUT2D eigenvalue weighted by Gasteiger charge is 2.30. The number of aryl methyl sites for hydroxylation is 1. The minimum atomic E-state index is -4.20. The van der Waals surface area contributed by atoms with E-state index in [4.69, 9.17) is 4.98 Å². The first-order chi connectivity index (χ1) is 17.2. The molecular formula is C25H28BrF3N6O. The summed E-state index contributed by atoms with van der Waals surface area (Å²) in [4.78, 5) is 24.4. The van der Waals surface area contributed by atoms with Gasteiger partial charge in [-0.15, -0.1) is 0 Å². The van der Waals surface area contributed by atoms with E-state index in [2.05, 4.69) is 36.4 Å². The zero-order valence-corrected chi connectivity index (χ0v) is 21.5. The van der Waals surface area contributed by atoms with Crippen LogP contribution in [0, 0.1) is 6.92 Å². The van der Waals surface area contributed by atoms with Crippen molar-refractivity contribution >= 4 is 44.3 Å². The van der Waals surface area contributed by atoms with Crippen LogP contribution < -0.4 is 21.1 Å². The van der Waals surface area contributed by atoms with E-state index in [9.17, 15) is 18.0 Å². The highest BCUT2D eigenvalue weighted by Crippen LogP contribution is 2.33. The van der Waals surface area contributed by atoms with Gasteiger partial charge >= 0.3 is 6.18 Å². The smallest absolute Gasteiger partial charge is 0.370 e. The molecule has 0 spiro atoms. The van der Waals surface area contributed by atoms with Gasteiger partial charge in [0.1, 0.15) is 5.65 Å². The molecule has 2 aliphatic rings. The fraction of sp³-hybridized carbons (Fsp3) is 0.480. The molecule has 1 aliphatic carbocycles. The van der Waals surface area contributed by atoms with E-state index in [1.54, 1.807) is 6.20 Å². The molecule has 3 aromatic rings. The van der Waals surface area contributed by atoms with E-state index in [0.29, 0.717) is 35.6 Å². The summed E-state index contributed by atoms with van der Waals surface area (Å²) in [5.74, 6) is 0.403. The number of rotatable bonds is 6. The van der Waals surface area contributed by atoms with Crippen LogP contribution in [-0.2, 0) is 0 Å². The lowest BCUT2D eigenvalue weighted by Gasteiger charge is -2.20. The molecule has 1 aliphatic heterocycles. The number of hydrogen-bond donors (Lipinski definition) is 2. The van der Waals surface area contributed by atoms with E-state index >= 15 is 0 Å². The number of fused-ring (bicyclic) bond motifs is 1. The molecule has 192 valence electrons. The average molecular weight is 565 g/mol. The maximum atomic E-state index is 13.1. The molecule has 2 N–H and O–H groups in total. The SMILES string of the molecule is Cc1c(Br)c(=O)n(C2CCCC2)c2nc(Nc3ccc(N4CCC(NCC(F)(F)F)C4)cc3)ncc12. The van der Waals surface area contributed by atoms with E-state index in [0.717, 1.165) is 48.0 Å². The zero-order chi connectivity index (χ0) is 25.4. The van der Waals surface area contributed by atoms with Crippen LogP contribution in [0.15, 0.2) is 39.7 Å². The number of halogens is 4. The molecule has 1 saturated carbocycles. The molecule has 11 heteroatoms. The predicted molar refractivity (Wildman–Crippen MR) is 138 cm³/mol. The highest BCUT2D eigenvalue weighted by molar-refractivity contribution is 9.10. The summed E-state index contributed by atoms with van der Waals surface area (Å²) < 4.78 is 39.8. The number of nitrogens with one attached hydrogen (secondary N) is 2. The summed E-state index contributed by atoms with van der Waals surface area (Å²) in [6.45, 7) is 2.16. The van der Waals surface area contributed by atoms with Crippen LogP contribution in [0.4, 0.5) is 30.5 Å². The summed E-state index contributed by atoms with van der Waals surface area (Å²) in [7, 11) is 0. The van der Waals surface area contributed by atoms with E-state index in [-0.39, 0.29) is 17.6 Å². The molecule has 1 unspecified atom stereocenters. The van der Waals surface area contributed by atoms with Gasteiger partial charge in [0.25, 0.3) is 5.56 Å². The zero-order valence-electron chi connectivity index (χ0n) is 19.9. The molecule has 1 saturated heterocycles. The quantitative estimate of drug-likeness (QED) is 0.414. The van der Waals surface area contributed by atoms with Crippen molar-refractivity contribution in [1.29, 1.82) is 0 Å². The lowest BCUT2D eigenvalue weighted by Crippen LogP contribution is -2.38. The lowest BCUT2D eigenvalue weighted by molar-refractivity contribution is -0.125. The molecule has 2 fully saturated rings. The maximum absolute atomic E-state index is 13.1. The van der Waals surface area contributed by atoms with Crippen LogP contribution >= 0.6 is 15.9 Å². The third-order valence-electron chi connectivity index (χ3n) is 7.09. The Balaban J connectivity index is 1.33. The van der Waals surface area contributed by atoms with Crippen molar-refractivity contribution in [3.05, 3.63) is 50.9 Å². The van der Waals surface area contributed by atoms with Gasteiger partial charge in [-0.2, -0.15) is 18.2 Å². The number of alkyl halides is 3. The molecule has 3 heterocycles. The standard InChI is InChI=1S/C25H28BrF3N6O/c1-15-20-12-30-24(33-22(20)35(23(36)21(15)26)19-4-2-3-5-19)32-16-6-8-18(9-7-16)34-11-10-17(13-34)31-14-25(27,28)29/h6-9,12,17,19,31H,2-5,10-11,13-14H2,1H3,(H,30,32,33). The Kier molecular flexibility index (Phi) is 6.95. The second-order valence-electron chi connectivity index (χ2n) is 9.58. The Bertz CT molecular complexity index is 1300. The minimum absolute atomic E-state index is 0.0606. The van der Waals surface area contributed by atoms with Gasteiger partial charge in [0.05, 0.1) is 11.0 Å². The molecule has 5 rings (SSSR count).